The zero-order valence-electron chi connectivity index (χ0n) is 11.3. The zero-order valence-corrected chi connectivity index (χ0v) is 11.3. The van der Waals surface area contributed by atoms with Gasteiger partial charge in [0.25, 0.3) is 0 Å². The molecule has 6 heteroatoms. The number of aliphatic carboxylic acids is 1. The number of anilines is 1. The van der Waals surface area contributed by atoms with Crippen molar-refractivity contribution < 1.29 is 23.1 Å². The molecule has 0 amide bonds. The highest BCUT2D eigenvalue weighted by Gasteiger charge is 2.41. The van der Waals surface area contributed by atoms with E-state index in [0.29, 0.717) is 18.7 Å². The number of halogens is 3. The van der Waals surface area contributed by atoms with Crippen LogP contribution in [-0.2, 0) is 4.79 Å². The Morgan fingerprint density at radius 3 is 2.43 bits per heavy atom. The Morgan fingerprint density at radius 2 is 1.86 bits per heavy atom. The van der Waals surface area contributed by atoms with Crippen molar-refractivity contribution >= 4 is 17.7 Å². The summed E-state index contributed by atoms with van der Waals surface area (Å²) in [6.07, 6.45) is -1.50. The highest BCUT2D eigenvalue weighted by molar-refractivity contribution is 5.87. The van der Waals surface area contributed by atoms with Crippen LogP contribution in [0.3, 0.4) is 0 Å². The van der Waals surface area contributed by atoms with Crippen molar-refractivity contribution in [3.8, 4) is 0 Å². The van der Waals surface area contributed by atoms with Crippen molar-refractivity contribution in [3.05, 3.63) is 35.9 Å². The van der Waals surface area contributed by atoms with Crippen LogP contribution in [0.15, 0.2) is 30.3 Å². The summed E-state index contributed by atoms with van der Waals surface area (Å²) >= 11 is 0. The summed E-state index contributed by atoms with van der Waals surface area (Å²) in [7, 11) is 0. The molecule has 1 aromatic rings. The lowest BCUT2D eigenvalue weighted by Crippen LogP contribution is -2.39. The molecule has 0 unspecified atom stereocenters. The van der Waals surface area contributed by atoms with Gasteiger partial charge in [0, 0.05) is 24.9 Å². The van der Waals surface area contributed by atoms with Crippen molar-refractivity contribution in [1.82, 2.24) is 0 Å². The van der Waals surface area contributed by atoms with E-state index in [0.717, 1.165) is 11.8 Å². The smallest absolute Gasteiger partial charge is 0.391 e. The maximum atomic E-state index is 12.7. The first-order chi connectivity index (χ1) is 9.88. The molecule has 1 aromatic carbocycles. The third-order valence-corrected chi connectivity index (χ3v) is 3.64. The minimum Gasteiger partial charge on any atom is -0.478 e. The van der Waals surface area contributed by atoms with Crippen molar-refractivity contribution in [2.24, 2.45) is 5.92 Å². The lowest BCUT2D eigenvalue weighted by molar-refractivity contribution is -0.179. The van der Waals surface area contributed by atoms with Crippen LogP contribution in [0.5, 0.6) is 0 Å². The highest BCUT2D eigenvalue weighted by Crippen LogP contribution is 2.36. The quantitative estimate of drug-likeness (QED) is 0.868. The molecular weight excluding hydrogens is 283 g/mol. The van der Waals surface area contributed by atoms with Crippen LogP contribution in [0.1, 0.15) is 18.4 Å². The van der Waals surface area contributed by atoms with E-state index in [9.17, 15) is 18.0 Å². The van der Waals surface area contributed by atoms with Crippen LogP contribution in [0.4, 0.5) is 18.9 Å². The van der Waals surface area contributed by atoms with Gasteiger partial charge in [0.15, 0.2) is 0 Å². The topological polar surface area (TPSA) is 40.5 Å². The lowest BCUT2D eigenvalue weighted by Gasteiger charge is -2.35. The van der Waals surface area contributed by atoms with Crippen molar-refractivity contribution in [2.75, 3.05) is 18.0 Å². The molecule has 0 radical (unpaired) electrons. The molecule has 1 N–H and O–H groups in total. The van der Waals surface area contributed by atoms with E-state index in [2.05, 4.69) is 0 Å². The SMILES string of the molecule is O=C(O)C=Cc1ccccc1N1CCC(C(F)(F)F)CC1. The summed E-state index contributed by atoms with van der Waals surface area (Å²) in [4.78, 5) is 12.5. The monoisotopic (exact) mass is 299 g/mol. The van der Waals surface area contributed by atoms with Gasteiger partial charge in [-0.25, -0.2) is 4.79 Å². The second-order valence-electron chi connectivity index (χ2n) is 5.03. The summed E-state index contributed by atoms with van der Waals surface area (Å²) in [5, 5.41) is 8.67. The average Bonchev–Trinajstić information content (AvgIpc) is 2.44. The second-order valence-corrected chi connectivity index (χ2v) is 5.03. The van der Waals surface area contributed by atoms with E-state index in [-0.39, 0.29) is 12.8 Å². The fraction of sp³-hybridized carbons (Fsp3) is 0.400. The van der Waals surface area contributed by atoms with Crippen molar-refractivity contribution in [2.45, 2.75) is 19.0 Å². The molecule has 1 aliphatic rings. The Morgan fingerprint density at radius 1 is 1.24 bits per heavy atom. The van der Waals surface area contributed by atoms with Crippen molar-refractivity contribution in [1.29, 1.82) is 0 Å². The fourth-order valence-electron chi connectivity index (χ4n) is 2.53. The average molecular weight is 299 g/mol. The van der Waals surface area contributed by atoms with Gasteiger partial charge in [-0.2, -0.15) is 13.2 Å². The molecule has 0 spiro atoms. The van der Waals surface area contributed by atoms with E-state index in [1.807, 2.05) is 4.90 Å². The normalized spacial score (nSPS) is 17.4. The number of alkyl halides is 3. The van der Waals surface area contributed by atoms with E-state index < -0.39 is 18.1 Å². The van der Waals surface area contributed by atoms with E-state index in [1.54, 1.807) is 24.3 Å². The molecule has 0 aliphatic carbocycles. The number of benzene rings is 1. The maximum Gasteiger partial charge on any atom is 0.391 e. The summed E-state index contributed by atoms with van der Waals surface area (Å²) in [6, 6.07) is 7.12. The molecule has 1 saturated heterocycles. The van der Waals surface area contributed by atoms with Crippen LogP contribution in [0, 0.1) is 5.92 Å². The molecule has 0 aromatic heterocycles. The Labute approximate surface area is 120 Å². The number of nitrogens with zero attached hydrogens (tertiary/aromatic N) is 1. The minimum absolute atomic E-state index is 0.0699. The zero-order chi connectivity index (χ0) is 15.5. The molecule has 1 aliphatic heterocycles. The molecule has 0 saturated carbocycles. The molecule has 0 bridgehead atoms. The Bertz CT molecular complexity index is 532. The number of hydrogen-bond acceptors (Lipinski definition) is 2. The van der Waals surface area contributed by atoms with Crippen LogP contribution < -0.4 is 4.90 Å². The first-order valence-corrected chi connectivity index (χ1v) is 6.69. The largest absolute Gasteiger partial charge is 0.478 e. The van der Waals surface area contributed by atoms with Gasteiger partial charge in [0.2, 0.25) is 0 Å². The summed E-state index contributed by atoms with van der Waals surface area (Å²) in [5.74, 6) is -2.30. The van der Waals surface area contributed by atoms with Gasteiger partial charge in [-0.15, -0.1) is 0 Å². The summed E-state index contributed by atoms with van der Waals surface area (Å²) < 4.78 is 38.0. The number of hydrogen-bond donors (Lipinski definition) is 1. The molecule has 1 heterocycles. The number of piperidine rings is 1. The van der Waals surface area contributed by atoms with Gasteiger partial charge < -0.3 is 10.0 Å². The molecule has 1 fully saturated rings. The van der Waals surface area contributed by atoms with Crippen LogP contribution in [-0.4, -0.2) is 30.3 Å². The molecule has 114 valence electrons. The van der Waals surface area contributed by atoms with Crippen LogP contribution in [0.2, 0.25) is 0 Å². The Kier molecular flexibility index (Phi) is 4.55. The third-order valence-electron chi connectivity index (χ3n) is 3.64. The van der Waals surface area contributed by atoms with Gasteiger partial charge in [-0.05, 0) is 30.5 Å². The third kappa shape index (κ3) is 4.00. The van der Waals surface area contributed by atoms with Gasteiger partial charge in [-0.3, -0.25) is 0 Å². The summed E-state index contributed by atoms with van der Waals surface area (Å²) in [5.41, 5.74) is 1.47. The predicted molar refractivity (Wildman–Crippen MR) is 74.1 cm³/mol. The van der Waals surface area contributed by atoms with Crippen molar-refractivity contribution in [3.63, 3.8) is 0 Å². The van der Waals surface area contributed by atoms with E-state index >= 15 is 0 Å². The Balaban J connectivity index is 2.12. The first kappa shape index (κ1) is 15.4. The predicted octanol–water partition coefficient (Wildman–Crippen LogP) is 3.56. The molecule has 0 atom stereocenters. The van der Waals surface area contributed by atoms with Crippen LogP contribution >= 0.6 is 0 Å². The molecular formula is C15H16F3NO2. The maximum absolute atomic E-state index is 12.7. The van der Waals surface area contributed by atoms with E-state index in [4.69, 9.17) is 5.11 Å². The molecule has 3 nitrogen and oxygen atoms in total. The highest BCUT2D eigenvalue weighted by atomic mass is 19.4. The van der Waals surface area contributed by atoms with E-state index in [1.165, 1.54) is 6.08 Å². The number of carbonyl (C=O) groups is 1. The Hall–Kier alpha value is -1.98. The van der Waals surface area contributed by atoms with Gasteiger partial charge in [-0.1, -0.05) is 18.2 Å². The first-order valence-electron chi connectivity index (χ1n) is 6.69. The minimum atomic E-state index is -4.13. The van der Waals surface area contributed by atoms with Gasteiger partial charge in [0.05, 0.1) is 5.92 Å². The second kappa shape index (κ2) is 6.20. The fourth-order valence-corrected chi connectivity index (χ4v) is 2.53. The van der Waals surface area contributed by atoms with Gasteiger partial charge >= 0.3 is 12.1 Å². The van der Waals surface area contributed by atoms with Gasteiger partial charge in [0.1, 0.15) is 0 Å². The standard InChI is InChI=1S/C15H16F3NO2/c16-15(17,18)12-7-9-19(10-8-12)13-4-2-1-3-11(13)5-6-14(20)21/h1-6,12H,7-10H2,(H,20,21). The number of carboxylic acid groups (broad SMARTS) is 1. The molecule has 2 rings (SSSR count). The number of para-hydroxylation sites is 1. The van der Waals surface area contributed by atoms with Crippen LogP contribution in [0.25, 0.3) is 6.08 Å². The lowest BCUT2D eigenvalue weighted by atomic mass is 9.95. The molecule has 21 heavy (non-hydrogen) atoms. The summed E-state index contributed by atoms with van der Waals surface area (Å²) in [6.45, 7) is 0.643. The number of rotatable bonds is 3. The number of carboxylic acids is 1.